The van der Waals surface area contributed by atoms with Crippen LogP contribution in [0.4, 0.5) is 5.69 Å². The number of aromatic nitrogens is 5. The zero-order valence-electron chi connectivity index (χ0n) is 18.1. The highest BCUT2D eigenvalue weighted by Gasteiger charge is 2.12. The van der Waals surface area contributed by atoms with E-state index in [0.717, 1.165) is 29.3 Å². The van der Waals surface area contributed by atoms with Gasteiger partial charge in [-0.2, -0.15) is 5.10 Å². The zero-order chi connectivity index (χ0) is 22.6. The van der Waals surface area contributed by atoms with Gasteiger partial charge in [-0.15, -0.1) is 0 Å². The minimum absolute atomic E-state index is 0.195. The van der Waals surface area contributed by atoms with Crippen LogP contribution in [0.5, 0.6) is 0 Å². The molecule has 0 fully saturated rings. The molecule has 3 heterocycles. The predicted octanol–water partition coefficient (Wildman–Crippen LogP) is 4.74. The fourth-order valence-electron chi connectivity index (χ4n) is 3.62. The van der Waals surface area contributed by atoms with E-state index in [9.17, 15) is 4.79 Å². The molecule has 2 aromatic carbocycles. The minimum Gasteiger partial charge on any atom is -0.332 e. The monoisotopic (exact) mass is 434 g/mol. The fraction of sp³-hybridized carbons (Fsp3) is 0.0769. The molecule has 3 aromatic heterocycles. The molecule has 0 saturated heterocycles. The van der Waals surface area contributed by atoms with Crippen LogP contribution in [0.1, 0.15) is 21.6 Å². The number of carbonyl (C=O) groups is 1. The first kappa shape index (κ1) is 20.4. The van der Waals surface area contributed by atoms with Gasteiger partial charge in [0.2, 0.25) is 0 Å². The van der Waals surface area contributed by atoms with Crippen LogP contribution in [0.25, 0.3) is 17.1 Å². The van der Waals surface area contributed by atoms with Crippen molar-refractivity contribution in [2.24, 2.45) is 0 Å². The highest BCUT2D eigenvalue weighted by Crippen LogP contribution is 2.21. The summed E-state index contributed by atoms with van der Waals surface area (Å²) in [6.45, 7) is 2.77. The molecular formula is C26H22N6O. The Kier molecular flexibility index (Phi) is 5.51. The van der Waals surface area contributed by atoms with Crippen molar-refractivity contribution in [1.82, 2.24) is 24.3 Å². The van der Waals surface area contributed by atoms with Gasteiger partial charge < -0.3 is 9.88 Å². The number of nitrogens with one attached hydrogen (secondary N) is 1. The highest BCUT2D eigenvalue weighted by molar-refractivity contribution is 6.04. The molecule has 7 nitrogen and oxygen atoms in total. The maximum absolute atomic E-state index is 12.3. The number of imidazole rings is 1. The van der Waals surface area contributed by atoms with Crippen LogP contribution in [0.3, 0.4) is 0 Å². The molecule has 33 heavy (non-hydrogen) atoms. The molecule has 0 saturated carbocycles. The number of pyridine rings is 1. The SMILES string of the molecule is Cc1cc(-c2cn(Cc3ccccc3)cn2)nn1-c1ccc(NC(=O)c2cccnc2)cc1. The Labute approximate surface area is 191 Å². The summed E-state index contributed by atoms with van der Waals surface area (Å²) in [5, 5.41) is 7.64. The van der Waals surface area contributed by atoms with Crippen LogP contribution >= 0.6 is 0 Å². The van der Waals surface area contributed by atoms with Crippen molar-refractivity contribution in [1.29, 1.82) is 0 Å². The third-order valence-corrected chi connectivity index (χ3v) is 5.28. The van der Waals surface area contributed by atoms with Crippen LogP contribution < -0.4 is 5.32 Å². The smallest absolute Gasteiger partial charge is 0.257 e. The molecule has 0 atom stereocenters. The van der Waals surface area contributed by atoms with Gasteiger partial charge in [-0.3, -0.25) is 9.78 Å². The van der Waals surface area contributed by atoms with Crippen molar-refractivity contribution >= 4 is 11.6 Å². The summed E-state index contributed by atoms with van der Waals surface area (Å²) < 4.78 is 3.93. The lowest BCUT2D eigenvalue weighted by molar-refractivity contribution is 0.102. The van der Waals surface area contributed by atoms with Crippen molar-refractivity contribution in [2.45, 2.75) is 13.5 Å². The van der Waals surface area contributed by atoms with Crippen molar-refractivity contribution < 1.29 is 4.79 Å². The average molecular weight is 435 g/mol. The first-order valence-electron chi connectivity index (χ1n) is 10.6. The highest BCUT2D eigenvalue weighted by atomic mass is 16.1. The Bertz CT molecular complexity index is 1370. The molecule has 0 bridgehead atoms. The van der Waals surface area contributed by atoms with E-state index < -0.39 is 0 Å². The van der Waals surface area contributed by atoms with E-state index in [4.69, 9.17) is 5.10 Å². The summed E-state index contributed by atoms with van der Waals surface area (Å²) in [5.74, 6) is -0.195. The standard InChI is InChI=1S/C26H22N6O/c1-19-14-24(25-17-31(18-28-25)16-20-6-3-2-4-7-20)30-32(19)23-11-9-22(10-12-23)29-26(33)21-8-5-13-27-15-21/h2-15,17-18H,16H2,1H3,(H,29,33). The zero-order valence-corrected chi connectivity index (χ0v) is 18.1. The Morgan fingerprint density at radius 2 is 1.79 bits per heavy atom. The number of hydrogen-bond acceptors (Lipinski definition) is 4. The molecular weight excluding hydrogens is 412 g/mol. The van der Waals surface area contributed by atoms with Gasteiger partial charge in [0.25, 0.3) is 5.91 Å². The first-order valence-corrected chi connectivity index (χ1v) is 10.6. The number of rotatable bonds is 6. The maximum Gasteiger partial charge on any atom is 0.257 e. The summed E-state index contributed by atoms with van der Waals surface area (Å²) in [7, 11) is 0. The lowest BCUT2D eigenvalue weighted by atomic mass is 10.2. The van der Waals surface area contributed by atoms with Gasteiger partial charge in [-0.1, -0.05) is 30.3 Å². The Morgan fingerprint density at radius 3 is 2.55 bits per heavy atom. The molecule has 0 aliphatic carbocycles. The number of carbonyl (C=O) groups excluding carboxylic acids is 1. The largest absolute Gasteiger partial charge is 0.332 e. The molecule has 5 rings (SSSR count). The predicted molar refractivity (Wildman–Crippen MR) is 127 cm³/mol. The maximum atomic E-state index is 12.3. The van der Waals surface area contributed by atoms with Crippen LogP contribution in [0, 0.1) is 6.92 Å². The first-order chi connectivity index (χ1) is 16.2. The normalized spacial score (nSPS) is 10.8. The van der Waals surface area contributed by atoms with Gasteiger partial charge in [0.15, 0.2) is 0 Å². The molecule has 0 aliphatic rings. The summed E-state index contributed by atoms with van der Waals surface area (Å²) in [4.78, 5) is 20.8. The Hall–Kier alpha value is -4.52. The lowest BCUT2D eigenvalue weighted by Crippen LogP contribution is -2.12. The number of amides is 1. The molecule has 0 radical (unpaired) electrons. The van der Waals surface area contributed by atoms with Crippen molar-refractivity contribution in [3.8, 4) is 17.1 Å². The number of anilines is 1. The van der Waals surface area contributed by atoms with Crippen LogP contribution in [0.15, 0.2) is 97.7 Å². The van der Waals surface area contributed by atoms with Gasteiger partial charge in [0.1, 0.15) is 11.4 Å². The minimum atomic E-state index is -0.195. The number of nitrogens with zero attached hydrogens (tertiary/aromatic N) is 5. The van der Waals surface area contributed by atoms with E-state index in [-0.39, 0.29) is 5.91 Å². The van der Waals surface area contributed by atoms with Crippen molar-refractivity contribution in [2.75, 3.05) is 5.32 Å². The van der Waals surface area contributed by atoms with E-state index in [1.54, 1.807) is 24.5 Å². The van der Waals surface area contributed by atoms with Crippen LogP contribution in [-0.2, 0) is 6.54 Å². The second-order valence-electron chi connectivity index (χ2n) is 7.74. The van der Waals surface area contributed by atoms with E-state index in [1.807, 2.05) is 72.7 Å². The summed E-state index contributed by atoms with van der Waals surface area (Å²) in [5.41, 5.74) is 5.98. The third-order valence-electron chi connectivity index (χ3n) is 5.28. The van der Waals surface area contributed by atoms with Gasteiger partial charge in [-0.25, -0.2) is 9.67 Å². The van der Waals surface area contributed by atoms with E-state index in [0.29, 0.717) is 11.3 Å². The Balaban J connectivity index is 1.31. The van der Waals surface area contributed by atoms with E-state index in [1.165, 1.54) is 5.56 Å². The van der Waals surface area contributed by atoms with Gasteiger partial charge >= 0.3 is 0 Å². The van der Waals surface area contributed by atoms with Gasteiger partial charge in [0.05, 0.1) is 17.6 Å². The van der Waals surface area contributed by atoms with Gasteiger partial charge in [0, 0.05) is 36.5 Å². The average Bonchev–Trinajstić information content (AvgIpc) is 3.47. The second kappa shape index (κ2) is 8.92. The van der Waals surface area contributed by atoms with Crippen molar-refractivity contribution in [3.05, 3.63) is 115 Å². The molecule has 7 heteroatoms. The van der Waals surface area contributed by atoms with E-state index >= 15 is 0 Å². The number of benzene rings is 2. The molecule has 1 amide bonds. The lowest BCUT2D eigenvalue weighted by Gasteiger charge is -2.08. The van der Waals surface area contributed by atoms with Crippen molar-refractivity contribution in [3.63, 3.8) is 0 Å². The number of aryl methyl sites for hydroxylation is 1. The molecule has 5 aromatic rings. The van der Waals surface area contributed by atoms with Crippen LogP contribution in [-0.4, -0.2) is 30.2 Å². The summed E-state index contributed by atoms with van der Waals surface area (Å²) in [6, 6.07) is 23.3. The second-order valence-corrected chi connectivity index (χ2v) is 7.74. The number of hydrogen-bond donors (Lipinski definition) is 1. The summed E-state index contributed by atoms with van der Waals surface area (Å²) in [6.07, 6.45) is 7.02. The Morgan fingerprint density at radius 1 is 0.970 bits per heavy atom. The third kappa shape index (κ3) is 4.57. The summed E-state index contributed by atoms with van der Waals surface area (Å²) >= 11 is 0. The quantitative estimate of drug-likeness (QED) is 0.419. The molecule has 0 spiro atoms. The van der Waals surface area contributed by atoms with Crippen LogP contribution in [0.2, 0.25) is 0 Å². The molecule has 162 valence electrons. The molecule has 0 unspecified atom stereocenters. The molecule has 1 N–H and O–H groups in total. The molecule has 0 aliphatic heterocycles. The van der Waals surface area contributed by atoms with E-state index in [2.05, 4.69) is 32.0 Å². The topological polar surface area (TPSA) is 77.6 Å². The van der Waals surface area contributed by atoms with Gasteiger partial charge in [-0.05, 0) is 55.0 Å². The fourth-order valence-corrected chi connectivity index (χ4v) is 3.62.